The molecular formula is C53H35N3OS. The molecule has 0 N–H and O–H groups in total. The zero-order valence-corrected chi connectivity index (χ0v) is 32.4. The predicted octanol–water partition coefficient (Wildman–Crippen LogP) is 14.5. The monoisotopic (exact) mass is 761 g/mol. The number of para-hydroxylation sites is 1. The predicted molar refractivity (Wildman–Crippen MR) is 238 cm³/mol. The molecule has 10 aromatic rings. The van der Waals surface area contributed by atoms with Gasteiger partial charge in [0.05, 0.1) is 23.0 Å². The smallest absolute Gasteiger partial charge is 0.160 e. The molecule has 4 nitrogen and oxygen atoms in total. The minimum atomic E-state index is 0.0216. The molecule has 0 atom stereocenters. The highest BCUT2D eigenvalue weighted by Gasteiger charge is 2.44. The van der Waals surface area contributed by atoms with Crippen LogP contribution in [0.3, 0.4) is 0 Å². The highest BCUT2D eigenvalue weighted by atomic mass is 32.1. The lowest BCUT2D eigenvalue weighted by Crippen LogP contribution is -2.28. The molecule has 3 heterocycles. The second-order valence-electron chi connectivity index (χ2n) is 15.9. The number of hydrogen-bond donors (Lipinski definition) is 0. The Hall–Kier alpha value is -6.87. The summed E-state index contributed by atoms with van der Waals surface area (Å²) in [6, 6.07) is 56.2. The van der Waals surface area contributed by atoms with Crippen molar-refractivity contribution in [3.05, 3.63) is 168 Å². The third-order valence-electron chi connectivity index (χ3n) is 12.7. The van der Waals surface area contributed by atoms with Crippen molar-refractivity contribution in [3.63, 3.8) is 0 Å². The van der Waals surface area contributed by atoms with Crippen LogP contribution in [0, 0.1) is 11.3 Å². The summed E-state index contributed by atoms with van der Waals surface area (Å²) in [6.07, 6.45) is 6.06. The number of furan rings is 1. The summed E-state index contributed by atoms with van der Waals surface area (Å²) in [5.74, 6) is 0.687. The van der Waals surface area contributed by atoms with E-state index >= 15 is 0 Å². The molecule has 1 spiro atoms. The zero-order valence-electron chi connectivity index (χ0n) is 31.6. The highest BCUT2D eigenvalue weighted by molar-refractivity contribution is 7.26. The summed E-state index contributed by atoms with van der Waals surface area (Å²) >= 11 is 1.82. The Morgan fingerprint density at radius 3 is 2.21 bits per heavy atom. The van der Waals surface area contributed by atoms with Crippen molar-refractivity contribution in [2.24, 2.45) is 0 Å². The van der Waals surface area contributed by atoms with Crippen LogP contribution in [-0.4, -0.2) is 9.97 Å². The van der Waals surface area contributed by atoms with Gasteiger partial charge in [0, 0.05) is 53.1 Å². The molecule has 0 unspecified atom stereocenters. The molecule has 5 heteroatoms. The van der Waals surface area contributed by atoms with Crippen LogP contribution in [0.4, 0.5) is 0 Å². The van der Waals surface area contributed by atoms with Gasteiger partial charge < -0.3 is 4.42 Å². The van der Waals surface area contributed by atoms with Gasteiger partial charge in [0.15, 0.2) is 5.82 Å². The molecule has 2 aliphatic carbocycles. The molecule has 1 fully saturated rings. The van der Waals surface area contributed by atoms with Gasteiger partial charge in [-0.3, -0.25) is 0 Å². The van der Waals surface area contributed by atoms with Gasteiger partial charge in [-0.25, -0.2) is 9.97 Å². The zero-order chi connectivity index (χ0) is 38.4. The van der Waals surface area contributed by atoms with Gasteiger partial charge in [-0.1, -0.05) is 122 Å². The first-order valence-electron chi connectivity index (χ1n) is 20.2. The molecule has 274 valence electrons. The van der Waals surface area contributed by atoms with E-state index < -0.39 is 0 Å². The summed E-state index contributed by atoms with van der Waals surface area (Å²) in [4.78, 5) is 10.4. The minimum absolute atomic E-state index is 0.0216. The van der Waals surface area contributed by atoms with Crippen LogP contribution >= 0.6 is 11.3 Å². The van der Waals surface area contributed by atoms with E-state index in [1.54, 1.807) is 0 Å². The van der Waals surface area contributed by atoms with E-state index in [1.165, 1.54) is 72.8 Å². The number of thiophene rings is 1. The topological polar surface area (TPSA) is 62.7 Å². The van der Waals surface area contributed by atoms with E-state index in [2.05, 4.69) is 115 Å². The molecule has 0 amide bonds. The summed E-state index contributed by atoms with van der Waals surface area (Å²) in [6.45, 7) is 0. The van der Waals surface area contributed by atoms with Crippen LogP contribution in [0.1, 0.15) is 48.8 Å². The molecule has 7 aromatic carbocycles. The average Bonchev–Trinajstić information content (AvgIpc) is 3.94. The molecule has 0 bridgehead atoms. The van der Waals surface area contributed by atoms with Gasteiger partial charge in [0.2, 0.25) is 0 Å². The molecule has 3 aromatic heterocycles. The van der Waals surface area contributed by atoms with Gasteiger partial charge in [-0.15, -0.1) is 11.3 Å². The van der Waals surface area contributed by atoms with Crippen molar-refractivity contribution >= 4 is 53.4 Å². The van der Waals surface area contributed by atoms with Crippen LogP contribution in [0.15, 0.2) is 156 Å². The van der Waals surface area contributed by atoms with E-state index in [4.69, 9.17) is 14.4 Å². The van der Waals surface area contributed by atoms with Gasteiger partial charge in [0.25, 0.3) is 0 Å². The summed E-state index contributed by atoms with van der Waals surface area (Å²) in [7, 11) is 0. The second-order valence-corrected chi connectivity index (χ2v) is 16.9. The summed E-state index contributed by atoms with van der Waals surface area (Å²) in [5, 5.41) is 14.6. The molecule has 1 saturated carbocycles. The molecular weight excluding hydrogens is 727 g/mol. The summed E-state index contributed by atoms with van der Waals surface area (Å²) < 4.78 is 8.75. The molecule has 0 radical (unpaired) electrons. The van der Waals surface area contributed by atoms with E-state index in [1.807, 2.05) is 53.8 Å². The number of fused-ring (bicyclic) bond motifs is 11. The lowest BCUT2D eigenvalue weighted by atomic mass is 9.67. The number of benzene rings is 7. The van der Waals surface area contributed by atoms with Crippen molar-refractivity contribution in [1.29, 1.82) is 5.26 Å². The van der Waals surface area contributed by atoms with E-state index in [9.17, 15) is 5.26 Å². The van der Waals surface area contributed by atoms with E-state index in [-0.39, 0.29) is 5.41 Å². The third-order valence-corrected chi connectivity index (χ3v) is 14.0. The van der Waals surface area contributed by atoms with Gasteiger partial charge >= 0.3 is 0 Å². The highest BCUT2D eigenvalue weighted by Crippen LogP contribution is 2.58. The fourth-order valence-corrected chi connectivity index (χ4v) is 11.3. The maximum atomic E-state index is 9.95. The molecule has 0 saturated heterocycles. The van der Waals surface area contributed by atoms with Crippen molar-refractivity contribution in [2.75, 3.05) is 0 Å². The number of aromatic nitrogens is 2. The quantitative estimate of drug-likeness (QED) is 0.179. The number of nitriles is 1. The van der Waals surface area contributed by atoms with Crippen molar-refractivity contribution < 1.29 is 4.42 Å². The van der Waals surface area contributed by atoms with Crippen molar-refractivity contribution in [3.8, 4) is 62.2 Å². The number of nitrogens with zero attached hydrogens (tertiary/aromatic N) is 3. The lowest BCUT2D eigenvalue weighted by molar-refractivity contribution is 0.353. The number of hydrogen-bond acceptors (Lipinski definition) is 5. The normalized spacial score (nSPS) is 14.3. The molecule has 58 heavy (non-hydrogen) atoms. The Morgan fingerprint density at radius 1 is 0.534 bits per heavy atom. The van der Waals surface area contributed by atoms with Gasteiger partial charge in [-0.2, -0.15) is 5.26 Å². The van der Waals surface area contributed by atoms with Crippen molar-refractivity contribution in [2.45, 2.75) is 37.5 Å². The third kappa shape index (κ3) is 4.98. The number of rotatable bonds is 4. The molecule has 0 aliphatic heterocycles. The Bertz CT molecular complexity index is 3340. The largest absolute Gasteiger partial charge is 0.456 e. The van der Waals surface area contributed by atoms with Gasteiger partial charge in [0.1, 0.15) is 11.2 Å². The maximum absolute atomic E-state index is 9.95. The first-order valence-corrected chi connectivity index (χ1v) is 21.0. The SMILES string of the molecule is N#Cc1ccc2c(c1)-c1c(-c3ccc4sc5c(-c6cc(-c7ccc8c(c7)oc7ccccc78)nc(-c7ccccc7)n6)cccc5c4c3)cccc1C21CCCCC1. The average molecular weight is 762 g/mol. The Balaban J connectivity index is 1.02. The van der Waals surface area contributed by atoms with Crippen LogP contribution in [0.25, 0.3) is 98.3 Å². The minimum Gasteiger partial charge on any atom is -0.456 e. The van der Waals surface area contributed by atoms with E-state index in [0.717, 1.165) is 68.4 Å². The fraction of sp³-hybridized carbons (Fsp3) is 0.113. The van der Waals surface area contributed by atoms with Crippen LogP contribution in [0.2, 0.25) is 0 Å². The maximum Gasteiger partial charge on any atom is 0.160 e. The summed E-state index contributed by atoms with van der Waals surface area (Å²) in [5.41, 5.74) is 15.0. The Labute approximate surface area is 339 Å². The second kappa shape index (κ2) is 12.8. The van der Waals surface area contributed by atoms with Crippen molar-refractivity contribution in [1.82, 2.24) is 9.97 Å². The molecule has 12 rings (SSSR count). The van der Waals surface area contributed by atoms with Gasteiger partial charge in [-0.05, 0) is 94.8 Å². The lowest BCUT2D eigenvalue weighted by Gasteiger charge is -2.36. The molecule has 2 aliphatic rings. The standard InChI is InChI=1S/C53H35N3OS/c54-31-32-19-23-43-42(27-32)50-36(14-10-17-44(50)53(43)25-7-2-8-26-53)34-21-24-49-41(28-34)39-15-9-16-40(51(39)58-49)46-30-45(55-52(56-46)33-11-3-1-4-12-33)35-20-22-38-37-13-5-6-18-47(37)57-48(38)29-35/h1,3-6,9-24,27-30H,2,7-8,25-26H2. The van der Waals surface area contributed by atoms with E-state index in [0.29, 0.717) is 5.82 Å². The first-order chi connectivity index (χ1) is 28.6. The van der Waals surface area contributed by atoms with Crippen LogP contribution in [-0.2, 0) is 5.41 Å². The van der Waals surface area contributed by atoms with Crippen LogP contribution < -0.4 is 0 Å². The fourth-order valence-electron chi connectivity index (χ4n) is 10.1. The van der Waals surface area contributed by atoms with Crippen LogP contribution in [0.5, 0.6) is 0 Å². The first kappa shape index (κ1) is 33.3. The Morgan fingerprint density at radius 2 is 1.31 bits per heavy atom. The Kier molecular flexibility index (Phi) is 7.36.